The summed E-state index contributed by atoms with van der Waals surface area (Å²) in [5.74, 6) is 1.99. The molecule has 1 N–H and O–H groups in total. The molecule has 5 heteroatoms. The van der Waals surface area contributed by atoms with E-state index in [9.17, 15) is 8.42 Å². The number of hydrogen-bond acceptors (Lipinski definition) is 2. The van der Waals surface area contributed by atoms with Gasteiger partial charge in [0.15, 0.2) is 0 Å². The van der Waals surface area contributed by atoms with Crippen LogP contribution in [0.3, 0.4) is 0 Å². The van der Waals surface area contributed by atoms with Gasteiger partial charge >= 0.3 is 0 Å². The highest BCUT2D eigenvalue weighted by atomic mass is 35.5. The Morgan fingerprint density at radius 2 is 2.00 bits per heavy atom. The molecule has 0 unspecified atom stereocenters. The molecule has 0 spiro atoms. The van der Waals surface area contributed by atoms with Crippen molar-refractivity contribution in [2.45, 2.75) is 43.5 Å². The highest BCUT2D eigenvalue weighted by Gasteiger charge is 2.42. The van der Waals surface area contributed by atoms with Crippen molar-refractivity contribution in [3.8, 4) is 0 Å². The molecule has 0 saturated heterocycles. The zero-order valence-electron chi connectivity index (χ0n) is 11.5. The number of nitrogens with one attached hydrogen (secondary N) is 1. The third-order valence-electron chi connectivity index (χ3n) is 4.90. The van der Waals surface area contributed by atoms with Crippen molar-refractivity contribution >= 4 is 21.6 Å². The average molecular weight is 314 g/mol. The van der Waals surface area contributed by atoms with Crippen LogP contribution in [-0.4, -0.2) is 14.5 Å². The smallest absolute Gasteiger partial charge is 0.208 e. The Labute approximate surface area is 125 Å². The minimum absolute atomic E-state index is 0.0217. The Morgan fingerprint density at radius 1 is 1.25 bits per heavy atom. The Morgan fingerprint density at radius 3 is 2.60 bits per heavy atom. The van der Waals surface area contributed by atoms with Gasteiger partial charge in [0.25, 0.3) is 0 Å². The lowest BCUT2D eigenvalue weighted by Gasteiger charge is -2.28. The van der Waals surface area contributed by atoms with Gasteiger partial charge in [0.05, 0.1) is 5.02 Å². The first kappa shape index (κ1) is 14.4. The largest absolute Gasteiger partial charge is 0.242 e. The molecule has 2 bridgehead atoms. The van der Waals surface area contributed by atoms with Crippen LogP contribution in [0, 0.1) is 17.8 Å². The summed E-state index contributed by atoms with van der Waals surface area (Å²) in [5.41, 5.74) is 0. The molecule has 0 heterocycles. The normalized spacial score (nSPS) is 30.6. The quantitative estimate of drug-likeness (QED) is 0.925. The van der Waals surface area contributed by atoms with Crippen molar-refractivity contribution in [3.05, 3.63) is 29.3 Å². The molecule has 1 aromatic carbocycles. The van der Waals surface area contributed by atoms with Gasteiger partial charge < -0.3 is 0 Å². The van der Waals surface area contributed by atoms with Gasteiger partial charge in [-0.3, -0.25) is 0 Å². The molecule has 0 radical (unpaired) electrons. The van der Waals surface area contributed by atoms with Gasteiger partial charge in [0.2, 0.25) is 10.0 Å². The van der Waals surface area contributed by atoms with Crippen molar-refractivity contribution in [3.63, 3.8) is 0 Å². The summed E-state index contributed by atoms with van der Waals surface area (Å²) in [6, 6.07) is 6.58. The zero-order chi connectivity index (χ0) is 14.3. The molecule has 20 heavy (non-hydrogen) atoms. The van der Waals surface area contributed by atoms with Gasteiger partial charge in [-0.25, -0.2) is 13.1 Å². The first-order valence-corrected chi connectivity index (χ1v) is 9.10. The van der Waals surface area contributed by atoms with Crippen molar-refractivity contribution < 1.29 is 8.42 Å². The molecule has 2 aliphatic rings. The molecule has 3 nitrogen and oxygen atoms in total. The van der Waals surface area contributed by atoms with Gasteiger partial charge in [0.1, 0.15) is 4.90 Å². The second-order valence-corrected chi connectivity index (χ2v) is 8.27. The molecule has 110 valence electrons. The number of hydrogen-bond donors (Lipinski definition) is 1. The van der Waals surface area contributed by atoms with Gasteiger partial charge in [-0.1, -0.05) is 30.2 Å². The number of rotatable bonds is 4. The Balaban J connectivity index is 1.75. The molecular weight excluding hydrogens is 294 g/mol. The second kappa shape index (κ2) is 5.32. The molecular formula is C15H20ClNO2S. The standard InChI is InChI=1S/C15H20ClNO2S/c1-10(13-9-11-6-7-12(13)8-11)17-20(18,19)15-5-3-2-4-14(15)16/h2-5,10-13,17H,6-9H2,1H3/t10-,11-,12-,13-/m0/s1. The number of fused-ring (bicyclic) bond motifs is 2. The fourth-order valence-electron chi connectivity index (χ4n) is 3.96. The van der Waals surface area contributed by atoms with Crippen LogP contribution in [-0.2, 0) is 10.0 Å². The molecule has 0 amide bonds. The van der Waals surface area contributed by atoms with Crippen LogP contribution < -0.4 is 4.72 Å². The molecule has 2 aliphatic carbocycles. The van der Waals surface area contributed by atoms with Crippen LogP contribution in [0.5, 0.6) is 0 Å². The molecule has 0 aromatic heterocycles. The van der Waals surface area contributed by atoms with Crippen LogP contribution >= 0.6 is 11.6 Å². The maximum Gasteiger partial charge on any atom is 0.242 e. The van der Waals surface area contributed by atoms with Crippen molar-refractivity contribution in [2.24, 2.45) is 17.8 Å². The Kier molecular flexibility index (Phi) is 3.82. The molecule has 2 saturated carbocycles. The second-order valence-electron chi connectivity index (χ2n) is 6.18. The van der Waals surface area contributed by atoms with Gasteiger partial charge in [-0.15, -0.1) is 0 Å². The molecule has 0 aliphatic heterocycles. The van der Waals surface area contributed by atoms with Crippen LogP contribution in [0.1, 0.15) is 32.6 Å². The van der Waals surface area contributed by atoms with Crippen molar-refractivity contribution in [1.82, 2.24) is 4.72 Å². The molecule has 4 atom stereocenters. The van der Waals surface area contributed by atoms with E-state index >= 15 is 0 Å². The summed E-state index contributed by atoms with van der Waals surface area (Å²) in [4.78, 5) is 0.177. The lowest BCUT2D eigenvalue weighted by Crippen LogP contribution is -2.40. The van der Waals surface area contributed by atoms with E-state index in [0.29, 0.717) is 11.8 Å². The van der Waals surface area contributed by atoms with Crippen molar-refractivity contribution in [1.29, 1.82) is 0 Å². The predicted octanol–water partition coefficient (Wildman–Crippen LogP) is 3.44. The fraction of sp³-hybridized carbons (Fsp3) is 0.600. The minimum Gasteiger partial charge on any atom is -0.208 e. The van der Waals surface area contributed by atoms with Crippen LogP contribution in [0.4, 0.5) is 0 Å². The SMILES string of the molecule is C[C@H](NS(=O)(=O)c1ccccc1Cl)[C@@H]1C[C@H]2CC[C@H]1C2. The van der Waals surface area contributed by atoms with E-state index in [-0.39, 0.29) is 16.0 Å². The van der Waals surface area contributed by atoms with E-state index in [1.807, 2.05) is 6.92 Å². The van der Waals surface area contributed by atoms with Gasteiger partial charge in [-0.05, 0) is 56.1 Å². The predicted molar refractivity (Wildman–Crippen MR) is 80.2 cm³/mol. The van der Waals surface area contributed by atoms with Gasteiger partial charge in [-0.2, -0.15) is 0 Å². The summed E-state index contributed by atoms with van der Waals surface area (Å²) in [6.07, 6.45) is 5.03. The average Bonchev–Trinajstić information content (AvgIpc) is 3.00. The minimum atomic E-state index is -3.53. The Hall–Kier alpha value is -0.580. The van der Waals surface area contributed by atoms with Crippen molar-refractivity contribution in [2.75, 3.05) is 0 Å². The third-order valence-corrected chi connectivity index (χ3v) is 6.96. The highest BCUT2D eigenvalue weighted by Crippen LogP contribution is 2.49. The molecule has 2 fully saturated rings. The van der Waals surface area contributed by atoms with E-state index in [1.165, 1.54) is 19.3 Å². The number of benzene rings is 1. The molecule has 3 rings (SSSR count). The van der Waals surface area contributed by atoms with Crippen LogP contribution in [0.15, 0.2) is 29.2 Å². The lowest BCUT2D eigenvalue weighted by atomic mass is 9.84. The summed E-state index contributed by atoms with van der Waals surface area (Å²) >= 11 is 6.00. The van der Waals surface area contributed by atoms with E-state index < -0.39 is 10.0 Å². The summed E-state index contributed by atoms with van der Waals surface area (Å²) in [7, 11) is -3.53. The van der Waals surface area contributed by atoms with Gasteiger partial charge in [0, 0.05) is 6.04 Å². The van der Waals surface area contributed by atoms with E-state index in [2.05, 4.69) is 4.72 Å². The highest BCUT2D eigenvalue weighted by molar-refractivity contribution is 7.89. The third kappa shape index (κ3) is 2.61. The first-order chi connectivity index (χ1) is 9.47. The first-order valence-electron chi connectivity index (χ1n) is 7.24. The summed E-state index contributed by atoms with van der Waals surface area (Å²) < 4.78 is 27.7. The maximum atomic E-state index is 12.4. The van der Waals surface area contributed by atoms with E-state index in [1.54, 1.807) is 24.3 Å². The summed E-state index contributed by atoms with van der Waals surface area (Å²) in [6.45, 7) is 1.99. The number of sulfonamides is 1. The lowest BCUT2D eigenvalue weighted by molar-refractivity contribution is 0.280. The monoisotopic (exact) mass is 313 g/mol. The topological polar surface area (TPSA) is 46.2 Å². The van der Waals surface area contributed by atoms with E-state index in [4.69, 9.17) is 11.6 Å². The number of halogens is 1. The van der Waals surface area contributed by atoms with Crippen LogP contribution in [0.2, 0.25) is 5.02 Å². The molecule has 1 aromatic rings. The van der Waals surface area contributed by atoms with Crippen LogP contribution in [0.25, 0.3) is 0 Å². The Bertz CT molecular complexity index is 602. The summed E-state index contributed by atoms with van der Waals surface area (Å²) in [5, 5.41) is 0.278. The fourth-order valence-corrected chi connectivity index (χ4v) is 5.78. The van der Waals surface area contributed by atoms with E-state index in [0.717, 1.165) is 12.3 Å². The zero-order valence-corrected chi connectivity index (χ0v) is 13.1. The maximum absolute atomic E-state index is 12.4.